The van der Waals surface area contributed by atoms with Crippen molar-refractivity contribution in [2.45, 2.75) is 56.6 Å². The maximum absolute atomic E-state index is 12.3. The van der Waals surface area contributed by atoms with Crippen molar-refractivity contribution in [1.29, 1.82) is 0 Å². The third kappa shape index (κ3) is 4.75. The topological polar surface area (TPSA) is 81.9 Å². The molecular formula is C18H25N5O2S. The summed E-state index contributed by atoms with van der Waals surface area (Å²) in [5, 5.41) is 15.6. The van der Waals surface area contributed by atoms with Crippen molar-refractivity contribution in [3.63, 3.8) is 0 Å². The Morgan fingerprint density at radius 2 is 2.08 bits per heavy atom. The van der Waals surface area contributed by atoms with E-state index in [2.05, 4.69) is 20.8 Å². The second-order valence-electron chi connectivity index (χ2n) is 6.59. The van der Waals surface area contributed by atoms with E-state index in [1.165, 1.54) is 37.4 Å². The molecule has 140 valence electrons. The van der Waals surface area contributed by atoms with Crippen LogP contribution in [0, 0.1) is 6.92 Å². The lowest BCUT2D eigenvalue weighted by Gasteiger charge is -2.16. The second-order valence-corrected chi connectivity index (χ2v) is 7.54. The van der Waals surface area contributed by atoms with E-state index in [-0.39, 0.29) is 5.91 Å². The summed E-state index contributed by atoms with van der Waals surface area (Å²) < 4.78 is 7.03. The second kappa shape index (κ2) is 9.02. The van der Waals surface area contributed by atoms with Gasteiger partial charge < -0.3 is 10.1 Å². The fourth-order valence-electron chi connectivity index (χ4n) is 3.21. The molecule has 0 bridgehead atoms. The number of amides is 1. The van der Waals surface area contributed by atoms with E-state index in [0.29, 0.717) is 22.7 Å². The van der Waals surface area contributed by atoms with E-state index < -0.39 is 0 Å². The lowest BCUT2D eigenvalue weighted by atomic mass is 10.1. The highest BCUT2D eigenvalue weighted by molar-refractivity contribution is 7.99. The Balaban J connectivity index is 1.64. The minimum atomic E-state index is 0.0349. The zero-order chi connectivity index (χ0) is 18.4. The van der Waals surface area contributed by atoms with Gasteiger partial charge in [-0.25, -0.2) is 0 Å². The molecule has 1 aromatic heterocycles. The standard InChI is InChI=1S/C18H25N5O2S/c1-13-9-10-16(25-2)15(11-13)23-18(20-21-22-23)26-12-17(24)19-14-7-5-3-4-6-8-14/h9-11,14H,3-8,12H2,1-2H3,(H,19,24). The number of carbonyl (C=O) groups excluding carboxylic acids is 1. The molecule has 1 aromatic carbocycles. The predicted octanol–water partition coefficient (Wildman–Crippen LogP) is 2.91. The summed E-state index contributed by atoms with van der Waals surface area (Å²) in [7, 11) is 1.62. The Morgan fingerprint density at radius 3 is 2.81 bits per heavy atom. The number of benzene rings is 1. The molecule has 2 aromatic rings. The summed E-state index contributed by atoms with van der Waals surface area (Å²) in [6.45, 7) is 2.00. The first-order valence-electron chi connectivity index (χ1n) is 9.03. The quantitative estimate of drug-likeness (QED) is 0.617. The van der Waals surface area contributed by atoms with E-state index in [9.17, 15) is 4.79 Å². The molecule has 1 N–H and O–H groups in total. The minimum absolute atomic E-state index is 0.0349. The average Bonchev–Trinajstić information content (AvgIpc) is 2.96. The van der Waals surface area contributed by atoms with Gasteiger partial charge in [-0.3, -0.25) is 4.79 Å². The summed E-state index contributed by atoms with van der Waals surface area (Å²) in [6, 6.07) is 6.13. The number of carbonyl (C=O) groups is 1. The molecule has 1 heterocycles. The Hall–Kier alpha value is -2.09. The molecule has 7 nitrogen and oxygen atoms in total. The predicted molar refractivity (Wildman–Crippen MR) is 101 cm³/mol. The van der Waals surface area contributed by atoms with Gasteiger partial charge in [-0.2, -0.15) is 4.68 Å². The van der Waals surface area contributed by atoms with Crippen LogP contribution < -0.4 is 10.1 Å². The van der Waals surface area contributed by atoms with Gasteiger partial charge in [0.1, 0.15) is 11.4 Å². The summed E-state index contributed by atoms with van der Waals surface area (Å²) in [5.41, 5.74) is 1.85. The molecule has 1 aliphatic rings. The van der Waals surface area contributed by atoms with Crippen LogP contribution in [0.25, 0.3) is 5.69 Å². The smallest absolute Gasteiger partial charge is 0.230 e. The van der Waals surface area contributed by atoms with E-state index in [1.807, 2.05) is 25.1 Å². The Labute approximate surface area is 157 Å². The van der Waals surface area contributed by atoms with E-state index in [4.69, 9.17) is 4.74 Å². The first kappa shape index (κ1) is 18.7. The number of nitrogens with zero attached hydrogens (tertiary/aromatic N) is 4. The number of nitrogens with one attached hydrogen (secondary N) is 1. The zero-order valence-electron chi connectivity index (χ0n) is 15.3. The number of rotatable bonds is 6. The average molecular weight is 375 g/mol. The Bertz CT molecular complexity index is 741. The van der Waals surface area contributed by atoms with Crippen molar-refractivity contribution in [3.05, 3.63) is 23.8 Å². The van der Waals surface area contributed by atoms with Gasteiger partial charge >= 0.3 is 0 Å². The van der Waals surface area contributed by atoms with Crippen LogP contribution in [0.1, 0.15) is 44.1 Å². The number of hydrogen-bond donors (Lipinski definition) is 1. The van der Waals surface area contributed by atoms with Crippen molar-refractivity contribution in [2.75, 3.05) is 12.9 Å². The fourth-order valence-corrected chi connectivity index (χ4v) is 3.90. The molecule has 0 atom stereocenters. The lowest BCUT2D eigenvalue weighted by Crippen LogP contribution is -2.35. The maximum Gasteiger partial charge on any atom is 0.230 e. The summed E-state index contributed by atoms with van der Waals surface area (Å²) >= 11 is 1.33. The van der Waals surface area contributed by atoms with Gasteiger partial charge in [0.25, 0.3) is 0 Å². The highest BCUT2D eigenvalue weighted by Gasteiger charge is 2.18. The number of hydrogen-bond acceptors (Lipinski definition) is 6. The molecule has 3 rings (SSSR count). The maximum atomic E-state index is 12.3. The molecular weight excluding hydrogens is 350 g/mol. The van der Waals surface area contributed by atoms with Crippen molar-refractivity contribution < 1.29 is 9.53 Å². The van der Waals surface area contributed by atoms with Gasteiger partial charge in [0, 0.05) is 6.04 Å². The summed E-state index contributed by atoms with van der Waals surface area (Å²) in [5.74, 6) is 1.02. The van der Waals surface area contributed by atoms with Crippen LogP contribution in [0.3, 0.4) is 0 Å². The van der Waals surface area contributed by atoms with Crippen LogP contribution in [0.5, 0.6) is 5.75 Å². The third-order valence-corrected chi connectivity index (χ3v) is 5.48. The molecule has 0 spiro atoms. The number of ether oxygens (including phenoxy) is 1. The van der Waals surface area contributed by atoms with Gasteiger partial charge in [0.2, 0.25) is 11.1 Å². The molecule has 1 fully saturated rings. The third-order valence-electron chi connectivity index (χ3n) is 4.56. The summed E-state index contributed by atoms with van der Waals surface area (Å²) in [4.78, 5) is 12.3. The van der Waals surface area contributed by atoms with E-state index >= 15 is 0 Å². The van der Waals surface area contributed by atoms with Gasteiger partial charge in [-0.1, -0.05) is 43.5 Å². The Morgan fingerprint density at radius 1 is 1.31 bits per heavy atom. The highest BCUT2D eigenvalue weighted by atomic mass is 32.2. The van der Waals surface area contributed by atoms with Gasteiger partial charge in [0.15, 0.2) is 0 Å². The number of tetrazole rings is 1. The molecule has 1 saturated carbocycles. The number of thioether (sulfide) groups is 1. The van der Waals surface area contributed by atoms with Crippen molar-refractivity contribution in [1.82, 2.24) is 25.5 Å². The molecule has 0 unspecified atom stereocenters. The van der Waals surface area contributed by atoms with Crippen LogP contribution in [-0.4, -0.2) is 45.0 Å². The first-order valence-corrected chi connectivity index (χ1v) is 10.0. The van der Waals surface area contributed by atoms with Crippen LogP contribution >= 0.6 is 11.8 Å². The fraction of sp³-hybridized carbons (Fsp3) is 0.556. The molecule has 0 aliphatic heterocycles. The molecule has 1 aliphatic carbocycles. The lowest BCUT2D eigenvalue weighted by molar-refractivity contribution is -0.119. The normalized spacial score (nSPS) is 15.5. The summed E-state index contributed by atoms with van der Waals surface area (Å²) in [6.07, 6.45) is 7.10. The first-order chi connectivity index (χ1) is 12.7. The van der Waals surface area contributed by atoms with Gasteiger partial charge in [0.05, 0.1) is 12.9 Å². The zero-order valence-corrected chi connectivity index (χ0v) is 16.1. The van der Waals surface area contributed by atoms with Crippen molar-refractivity contribution in [3.8, 4) is 11.4 Å². The van der Waals surface area contributed by atoms with Gasteiger partial charge in [-0.15, -0.1) is 5.10 Å². The van der Waals surface area contributed by atoms with Crippen LogP contribution in [0.4, 0.5) is 0 Å². The van der Waals surface area contributed by atoms with Gasteiger partial charge in [-0.05, 0) is 47.9 Å². The largest absolute Gasteiger partial charge is 0.494 e. The van der Waals surface area contributed by atoms with E-state index in [1.54, 1.807) is 11.8 Å². The SMILES string of the molecule is COc1ccc(C)cc1-n1nnnc1SCC(=O)NC1CCCCCC1. The molecule has 0 saturated heterocycles. The molecule has 0 radical (unpaired) electrons. The van der Waals surface area contributed by atoms with Crippen LogP contribution in [0.15, 0.2) is 23.4 Å². The number of aromatic nitrogens is 4. The monoisotopic (exact) mass is 375 g/mol. The van der Waals surface area contributed by atoms with E-state index in [0.717, 1.165) is 24.1 Å². The minimum Gasteiger partial charge on any atom is -0.494 e. The highest BCUT2D eigenvalue weighted by Crippen LogP contribution is 2.27. The van der Waals surface area contributed by atoms with Crippen LogP contribution in [-0.2, 0) is 4.79 Å². The van der Waals surface area contributed by atoms with Crippen molar-refractivity contribution in [2.24, 2.45) is 0 Å². The molecule has 1 amide bonds. The van der Waals surface area contributed by atoms with Crippen LogP contribution in [0.2, 0.25) is 0 Å². The van der Waals surface area contributed by atoms with Crippen molar-refractivity contribution >= 4 is 17.7 Å². The molecule has 8 heteroatoms. The number of aryl methyl sites for hydroxylation is 1. The molecule has 26 heavy (non-hydrogen) atoms. The number of methoxy groups -OCH3 is 1. The Kier molecular flexibility index (Phi) is 6.49.